The number of rotatable bonds is 12. The number of para-hydroxylation sites is 2. The van der Waals surface area contributed by atoms with Crippen molar-refractivity contribution in [1.29, 1.82) is 0 Å². The van der Waals surface area contributed by atoms with Crippen LogP contribution in [0, 0.1) is 6.92 Å². The van der Waals surface area contributed by atoms with E-state index in [1.807, 2.05) is 0 Å². The fourth-order valence-corrected chi connectivity index (χ4v) is 7.39. The number of benzene rings is 3. The summed E-state index contributed by atoms with van der Waals surface area (Å²) in [7, 11) is 0. The number of hydrogen-bond acceptors (Lipinski definition) is 12. The van der Waals surface area contributed by atoms with Crippen LogP contribution >= 0.6 is 23.5 Å². The Hall–Kier alpha value is -6.00. The van der Waals surface area contributed by atoms with E-state index in [4.69, 9.17) is 18.9 Å². The minimum Gasteiger partial charge on any atom is -0.461 e. The van der Waals surface area contributed by atoms with E-state index in [2.05, 4.69) is 23.8 Å². The van der Waals surface area contributed by atoms with Crippen LogP contribution < -0.4 is 30.1 Å². The Morgan fingerprint density at radius 3 is 1.69 bits per heavy atom. The highest BCUT2D eigenvalue weighted by Crippen LogP contribution is 2.60. The first-order chi connectivity index (χ1) is 24.6. The van der Waals surface area contributed by atoms with Gasteiger partial charge in [-0.15, -0.1) is 0 Å². The van der Waals surface area contributed by atoms with Crippen LogP contribution in [0.2, 0.25) is 0 Å². The van der Waals surface area contributed by atoms with Gasteiger partial charge in [0.2, 0.25) is 0 Å². The van der Waals surface area contributed by atoms with E-state index >= 15 is 0 Å². The summed E-state index contributed by atoms with van der Waals surface area (Å²) in [5, 5.41) is 7.53. The zero-order valence-electron chi connectivity index (χ0n) is 27.0. The van der Waals surface area contributed by atoms with Crippen molar-refractivity contribution in [3.63, 3.8) is 0 Å². The lowest BCUT2D eigenvalue weighted by Gasteiger charge is -2.27. The number of nitrogens with one attached hydrogen (secondary N) is 2. The van der Waals surface area contributed by atoms with Crippen molar-refractivity contribution in [1.82, 2.24) is 10.6 Å². The Morgan fingerprint density at radius 2 is 1.20 bits per heavy atom. The largest absolute Gasteiger partial charge is 0.461 e. The molecule has 0 spiro atoms. The maximum Gasteiger partial charge on any atom is 0.412 e. The van der Waals surface area contributed by atoms with Crippen LogP contribution in [0.4, 0.5) is 21.0 Å². The monoisotopic (exact) mass is 730 g/mol. The number of thioether (sulfide) groups is 2. The molecule has 0 bridgehead atoms. The second-order valence-electron chi connectivity index (χ2n) is 10.3. The number of amides is 4. The second-order valence-corrected chi connectivity index (χ2v) is 12.6. The van der Waals surface area contributed by atoms with Gasteiger partial charge < -0.3 is 29.6 Å². The van der Waals surface area contributed by atoms with Crippen molar-refractivity contribution in [3.05, 3.63) is 107 Å². The van der Waals surface area contributed by atoms with E-state index < -0.39 is 35.9 Å². The number of fused-ring (bicyclic) bond motifs is 1. The lowest BCUT2D eigenvalue weighted by molar-refractivity contribution is -0.138. The summed E-state index contributed by atoms with van der Waals surface area (Å²) < 4.78 is 21.3. The van der Waals surface area contributed by atoms with E-state index in [-0.39, 0.29) is 47.6 Å². The van der Waals surface area contributed by atoms with Crippen molar-refractivity contribution in [3.8, 4) is 11.5 Å². The minimum atomic E-state index is -0.878. The maximum atomic E-state index is 14.2. The standard InChI is InChI=1S/C35H30N4O10S2/c1-4-25(40)46-18-16-36-34(44)48-24-20-21(3)28(49-35(45)37-17-19-47-26(41)5-2)30-29(24)50-33(51-30)27-31(42)38(22-12-8-6-9-13-22)39(32(27)43)23-14-10-7-11-15-23/h4-15,20H,1-2,16-19H2,3H3,(H,36,44)(H,37,45). The number of anilines is 2. The molecule has 0 radical (unpaired) electrons. The summed E-state index contributed by atoms with van der Waals surface area (Å²) in [5.74, 6) is -2.37. The Kier molecular flexibility index (Phi) is 11.8. The Labute approximate surface area is 300 Å². The molecule has 2 N–H and O–H groups in total. The molecule has 51 heavy (non-hydrogen) atoms. The van der Waals surface area contributed by atoms with E-state index in [9.17, 15) is 28.8 Å². The number of aryl methyl sites for hydroxylation is 1. The van der Waals surface area contributed by atoms with Crippen LogP contribution in [0.15, 0.2) is 112 Å². The average Bonchev–Trinajstić information content (AvgIpc) is 3.68. The first kappa shape index (κ1) is 36.3. The fourth-order valence-electron chi connectivity index (χ4n) is 4.68. The Bertz CT molecular complexity index is 1880. The predicted molar refractivity (Wildman–Crippen MR) is 188 cm³/mol. The molecular formula is C35H30N4O10S2. The van der Waals surface area contributed by atoms with Crippen LogP contribution in [-0.2, 0) is 28.7 Å². The van der Waals surface area contributed by atoms with E-state index in [1.54, 1.807) is 67.6 Å². The topological polar surface area (TPSA) is 170 Å². The van der Waals surface area contributed by atoms with Crippen molar-refractivity contribution in [2.45, 2.75) is 16.7 Å². The van der Waals surface area contributed by atoms with E-state index in [0.717, 1.165) is 35.7 Å². The van der Waals surface area contributed by atoms with E-state index in [1.165, 1.54) is 16.1 Å². The fraction of sp³-hybridized carbons (Fsp3) is 0.143. The normalized spacial score (nSPS) is 13.4. The molecule has 2 aliphatic rings. The third kappa shape index (κ3) is 8.42. The van der Waals surface area contributed by atoms with E-state index in [0.29, 0.717) is 26.7 Å². The molecule has 0 aromatic heterocycles. The van der Waals surface area contributed by atoms with Gasteiger partial charge in [0.15, 0.2) is 5.75 Å². The maximum absolute atomic E-state index is 14.2. The summed E-state index contributed by atoms with van der Waals surface area (Å²) in [5.41, 5.74) is 1.14. The molecule has 3 aromatic rings. The molecule has 0 aliphatic carbocycles. The number of nitrogens with zero attached hydrogens (tertiary/aromatic N) is 2. The van der Waals surface area contributed by atoms with Crippen molar-refractivity contribution in [2.75, 3.05) is 36.3 Å². The molecule has 1 fully saturated rings. The van der Waals surface area contributed by atoms with Gasteiger partial charge in [-0.1, -0.05) is 73.1 Å². The van der Waals surface area contributed by atoms with Gasteiger partial charge in [-0.25, -0.2) is 29.2 Å². The molecule has 5 rings (SSSR count). The van der Waals surface area contributed by atoms with Gasteiger partial charge in [-0.3, -0.25) is 9.59 Å². The SMILES string of the molecule is C=CC(=O)OCCNC(=O)Oc1cc(C)c(OC(=O)NCCOC(=O)C=C)c2c1SC(=C1C(=O)N(c3ccccc3)N(c3ccccc3)C1=O)S2. The number of ether oxygens (including phenoxy) is 4. The van der Waals surface area contributed by atoms with Crippen LogP contribution in [-0.4, -0.2) is 62.2 Å². The van der Waals surface area contributed by atoms with Gasteiger partial charge in [-0.05, 0) is 42.8 Å². The zero-order valence-corrected chi connectivity index (χ0v) is 28.7. The lowest BCUT2D eigenvalue weighted by atomic mass is 10.2. The molecule has 16 heteroatoms. The minimum absolute atomic E-state index is 0.0537. The van der Waals surface area contributed by atoms with Crippen LogP contribution in [0.25, 0.3) is 0 Å². The molecular weight excluding hydrogens is 701 g/mol. The zero-order chi connectivity index (χ0) is 36.5. The van der Waals surface area contributed by atoms with Crippen LogP contribution in [0.3, 0.4) is 0 Å². The highest BCUT2D eigenvalue weighted by atomic mass is 32.2. The summed E-state index contributed by atoms with van der Waals surface area (Å²) in [6.45, 7) is 7.85. The number of hydrazine groups is 1. The summed E-state index contributed by atoms with van der Waals surface area (Å²) in [6.07, 6.45) is 0.230. The van der Waals surface area contributed by atoms with Crippen molar-refractivity contribution in [2.24, 2.45) is 0 Å². The summed E-state index contributed by atoms with van der Waals surface area (Å²) in [4.78, 5) is 77.2. The summed E-state index contributed by atoms with van der Waals surface area (Å²) in [6, 6.07) is 18.8. The van der Waals surface area contributed by atoms with Crippen molar-refractivity contribution >= 4 is 70.8 Å². The van der Waals surface area contributed by atoms with Gasteiger partial charge in [0.25, 0.3) is 11.8 Å². The molecule has 0 unspecified atom stereocenters. The average molecular weight is 731 g/mol. The van der Waals surface area contributed by atoms with Gasteiger partial charge >= 0.3 is 24.1 Å². The highest BCUT2D eigenvalue weighted by Gasteiger charge is 2.47. The van der Waals surface area contributed by atoms with Gasteiger partial charge in [0, 0.05) is 12.2 Å². The van der Waals surface area contributed by atoms with Crippen molar-refractivity contribution < 1.29 is 47.7 Å². The smallest absolute Gasteiger partial charge is 0.412 e. The summed E-state index contributed by atoms with van der Waals surface area (Å²) >= 11 is 2.01. The molecule has 262 valence electrons. The van der Waals surface area contributed by atoms with Gasteiger partial charge in [0.05, 0.1) is 38.5 Å². The van der Waals surface area contributed by atoms with Crippen LogP contribution in [0.5, 0.6) is 11.5 Å². The number of carbonyl (C=O) groups is 6. The molecule has 2 aliphatic heterocycles. The first-order valence-corrected chi connectivity index (χ1v) is 16.8. The van der Waals surface area contributed by atoms with Crippen LogP contribution in [0.1, 0.15) is 5.56 Å². The lowest BCUT2D eigenvalue weighted by Crippen LogP contribution is -2.41. The third-order valence-corrected chi connectivity index (χ3v) is 9.52. The predicted octanol–water partition coefficient (Wildman–Crippen LogP) is 5.03. The van der Waals surface area contributed by atoms with Gasteiger partial charge in [0.1, 0.15) is 24.5 Å². The second kappa shape index (κ2) is 16.6. The molecule has 0 atom stereocenters. The molecule has 1 saturated heterocycles. The third-order valence-electron chi connectivity index (χ3n) is 6.91. The number of esters is 2. The molecule has 4 amide bonds. The molecule has 14 nitrogen and oxygen atoms in total. The first-order valence-electron chi connectivity index (χ1n) is 15.2. The highest BCUT2D eigenvalue weighted by molar-refractivity contribution is 8.25. The molecule has 0 saturated carbocycles. The Morgan fingerprint density at radius 1 is 0.725 bits per heavy atom. The molecule has 3 aromatic carbocycles. The van der Waals surface area contributed by atoms with Gasteiger partial charge in [-0.2, -0.15) is 0 Å². The molecule has 2 heterocycles. The number of carbonyl (C=O) groups excluding carboxylic acids is 6. The Balaban J connectivity index is 1.48. The number of hydrogen-bond donors (Lipinski definition) is 2. The quantitative estimate of drug-likeness (QED) is 0.110.